The van der Waals surface area contributed by atoms with Gasteiger partial charge in [0.25, 0.3) is 0 Å². The van der Waals surface area contributed by atoms with Crippen LogP contribution in [0, 0.1) is 5.82 Å². The van der Waals surface area contributed by atoms with Crippen LogP contribution in [0.15, 0.2) is 42.5 Å². The Kier molecular flexibility index (Phi) is 3.64. The number of alkyl halides is 1. The molecule has 0 aliphatic heterocycles. The fourth-order valence-electron chi connectivity index (χ4n) is 1.69. The lowest BCUT2D eigenvalue weighted by atomic mass is 10.0. The van der Waals surface area contributed by atoms with E-state index in [1.54, 1.807) is 19.2 Å². The van der Waals surface area contributed by atoms with Gasteiger partial charge in [-0.2, -0.15) is 0 Å². The molecular formula is C14H12ClFO. The highest BCUT2D eigenvalue weighted by Crippen LogP contribution is 2.31. The van der Waals surface area contributed by atoms with Crippen molar-refractivity contribution in [2.24, 2.45) is 0 Å². The molecule has 0 saturated heterocycles. The van der Waals surface area contributed by atoms with Crippen LogP contribution >= 0.6 is 11.6 Å². The second-order valence-corrected chi connectivity index (χ2v) is 3.94. The Morgan fingerprint density at radius 3 is 2.41 bits per heavy atom. The third kappa shape index (κ3) is 2.59. The zero-order valence-electron chi connectivity index (χ0n) is 9.41. The average molecular weight is 251 g/mol. The van der Waals surface area contributed by atoms with Crippen LogP contribution in [0.3, 0.4) is 0 Å². The van der Waals surface area contributed by atoms with Gasteiger partial charge in [0.1, 0.15) is 11.6 Å². The molecular weight excluding hydrogens is 239 g/mol. The normalized spacial score (nSPS) is 10.3. The highest BCUT2D eigenvalue weighted by Gasteiger charge is 2.06. The van der Waals surface area contributed by atoms with Crippen molar-refractivity contribution in [3.05, 3.63) is 53.8 Å². The first kappa shape index (κ1) is 11.9. The smallest absolute Gasteiger partial charge is 0.126 e. The maximum absolute atomic E-state index is 12.9. The van der Waals surface area contributed by atoms with Crippen LogP contribution in [-0.2, 0) is 5.88 Å². The summed E-state index contributed by atoms with van der Waals surface area (Å²) in [6, 6.07) is 12.1. The molecule has 0 heterocycles. The summed E-state index contributed by atoms with van der Waals surface area (Å²) in [6.45, 7) is 0. The van der Waals surface area contributed by atoms with Crippen molar-refractivity contribution in [3.8, 4) is 16.9 Å². The molecule has 0 bridgehead atoms. The van der Waals surface area contributed by atoms with Gasteiger partial charge in [-0.3, -0.25) is 0 Å². The Morgan fingerprint density at radius 2 is 1.82 bits per heavy atom. The van der Waals surface area contributed by atoms with E-state index >= 15 is 0 Å². The zero-order valence-corrected chi connectivity index (χ0v) is 10.2. The van der Waals surface area contributed by atoms with Gasteiger partial charge in [-0.15, -0.1) is 11.6 Å². The van der Waals surface area contributed by atoms with Gasteiger partial charge in [-0.1, -0.05) is 24.3 Å². The van der Waals surface area contributed by atoms with Gasteiger partial charge in [-0.25, -0.2) is 4.39 Å². The first-order valence-corrected chi connectivity index (χ1v) is 5.77. The maximum Gasteiger partial charge on any atom is 0.126 e. The Bertz CT molecular complexity index is 508. The minimum atomic E-state index is -0.245. The fourth-order valence-corrected chi connectivity index (χ4v) is 1.85. The van der Waals surface area contributed by atoms with E-state index in [1.165, 1.54) is 12.1 Å². The van der Waals surface area contributed by atoms with Gasteiger partial charge in [0.2, 0.25) is 0 Å². The van der Waals surface area contributed by atoms with Crippen LogP contribution in [-0.4, -0.2) is 7.11 Å². The molecule has 0 fully saturated rings. The van der Waals surface area contributed by atoms with Crippen molar-refractivity contribution >= 4 is 11.6 Å². The summed E-state index contributed by atoms with van der Waals surface area (Å²) in [4.78, 5) is 0. The van der Waals surface area contributed by atoms with Gasteiger partial charge >= 0.3 is 0 Å². The molecule has 0 aliphatic carbocycles. The molecule has 0 aliphatic rings. The number of ether oxygens (including phenoxy) is 1. The van der Waals surface area contributed by atoms with Gasteiger partial charge in [0, 0.05) is 11.4 Å². The van der Waals surface area contributed by atoms with Crippen LogP contribution in [0.5, 0.6) is 5.75 Å². The summed E-state index contributed by atoms with van der Waals surface area (Å²) >= 11 is 5.77. The van der Waals surface area contributed by atoms with E-state index < -0.39 is 0 Å². The monoisotopic (exact) mass is 250 g/mol. The standard InChI is InChI=1S/C14H12ClFO/c1-17-14-8-10(9-15)2-7-13(14)11-3-5-12(16)6-4-11/h2-8H,9H2,1H3. The van der Waals surface area contributed by atoms with Crippen molar-refractivity contribution in [2.75, 3.05) is 7.11 Å². The summed E-state index contributed by atoms with van der Waals surface area (Å²) in [7, 11) is 1.61. The van der Waals surface area contributed by atoms with Crippen molar-refractivity contribution in [2.45, 2.75) is 5.88 Å². The molecule has 0 spiro atoms. The summed E-state index contributed by atoms with van der Waals surface area (Å²) in [5.41, 5.74) is 2.85. The molecule has 3 heteroatoms. The molecule has 1 nitrogen and oxygen atoms in total. The maximum atomic E-state index is 12.9. The molecule has 0 amide bonds. The second kappa shape index (κ2) is 5.19. The third-order valence-corrected chi connectivity index (χ3v) is 2.88. The van der Waals surface area contributed by atoms with Crippen LogP contribution in [0.1, 0.15) is 5.56 Å². The Balaban J connectivity index is 2.47. The van der Waals surface area contributed by atoms with Crippen molar-refractivity contribution in [3.63, 3.8) is 0 Å². The highest BCUT2D eigenvalue weighted by atomic mass is 35.5. The minimum absolute atomic E-state index is 0.245. The third-order valence-electron chi connectivity index (χ3n) is 2.58. The largest absolute Gasteiger partial charge is 0.496 e. The van der Waals surface area contributed by atoms with Gasteiger partial charge in [-0.05, 0) is 29.3 Å². The molecule has 2 aromatic rings. The van der Waals surface area contributed by atoms with Gasteiger partial charge in [0.05, 0.1) is 7.11 Å². The number of rotatable bonds is 3. The van der Waals surface area contributed by atoms with E-state index in [0.717, 1.165) is 22.4 Å². The lowest BCUT2D eigenvalue weighted by Crippen LogP contribution is -1.90. The van der Waals surface area contributed by atoms with Gasteiger partial charge in [0.15, 0.2) is 0 Å². The SMILES string of the molecule is COc1cc(CCl)ccc1-c1ccc(F)cc1. The van der Waals surface area contributed by atoms with E-state index in [9.17, 15) is 4.39 Å². The van der Waals surface area contributed by atoms with E-state index in [2.05, 4.69) is 0 Å². The van der Waals surface area contributed by atoms with E-state index in [1.807, 2.05) is 18.2 Å². The van der Waals surface area contributed by atoms with Crippen molar-refractivity contribution in [1.29, 1.82) is 0 Å². The minimum Gasteiger partial charge on any atom is -0.496 e. The number of benzene rings is 2. The number of halogens is 2. The van der Waals surface area contributed by atoms with Crippen LogP contribution < -0.4 is 4.74 Å². The molecule has 0 atom stereocenters. The first-order valence-electron chi connectivity index (χ1n) is 5.23. The molecule has 0 N–H and O–H groups in total. The summed E-state index contributed by atoms with van der Waals surface area (Å²) in [6.07, 6.45) is 0. The number of hydrogen-bond donors (Lipinski definition) is 0. The topological polar surface area (TPSA) is 9.23 Å². The summed E-state index contributed by atoms with van der Waals surface area (Å²) < 4.78 is 18.2. The zero-order chi connectivity index (χ0) is 12.3. The quantitative estimate of drug-likeness (QED) is 0.741. The second-order valence-electron chi connectivity index (χ2n) is 3.68. The molecule has 0 aromatic heterocycles. The first-order chi connectivity index (χ1) is 8.24. The fraction of sp³-hybridized carbons (Fsp3) is 0.143. The number of methoxy groups -OCH3 is 1. The molecule has 0 unspecified atom stereocenters. The predicted molar refractivity (Wildman–Crippen MR) is 67.9 cm³/mol. The van der Waals surface area contributed by atoms with Crippen LogP contribution in [0.4, 0.5) is 4.39 Å². The van der Waals surface area contributed by atoms with Crippen LogP contribution in [0.25, 0.3) is 11.1 Å². The van der Waals surface area contributed by atoms with E-state index in [4.69, 9.17) is 16.3 Å². The average Bonchev–Trinajstić information content (AvgIpc) is 2.39. The van der Waals surface area contributed by atoms with Crippen molar-refractivity contribution < 1.29 is 9.13 Å². The van der Waals surface area contributed by atoms with Gasteiger partial charge < -0.3 is 4.74 Å². The van der Waals surface area contributed by atoms with E-state index in [0.29, 0.717) is 5.88 Å². The predicted octanol–water partition coefficient (Wildman–Crippen LogP) is 4.24. The van der Waals surface area contributed by atoms with Crippen LogP contribution in [0.2, 0.25) is 0 Å². The van der Waals surface area contributed by atoms with E-state index in [-0.39, 0.29) is 5.82 Å². The Hall–Kier alpha value is -1.54. The summed E-state index contributed by atoms with van der Waals surface area (Å²) in [5.74, 6) is 0.944. The lowest BCUT2D eigenvalue weighted by molar-refractivity contribution is 0.416. The molecule has 0 radical (unpaired) electrons. The molecule has 17 heavy (non-hydrogen) atoms. The number of hydrogen-bond acceptors (Lipinski definition) is 1. The molecule has 88 valence electrons. The Morgan fingerprint density at radius 1 is 1.12 bits per heavy atom. The lowest BCUT2D eigenvalue weighted by Gasteiger charge is -2.10. The molecule has 2 rings (SSSR count). The Labute approximate surface area is 105 Å². The highest BCUT2D eigenvalue weighted by molar-refractivity contribution is 6.17. The summed E-state index contributed by atoms with van der Waals surface area (Å²) in [5, 5.41) is 0. The van der Waals surface area contributed by atoms with Crippen molar-refractivity contribution in [1.82, 2.24) is 0 Å². The molecule has 2 aromatic carbocycles. The molecule has 0 saturated carbocycles.